The van der Waals surface area contributed by atoms with Gasteiger partial charge in [0, 0.05) is 39.7 Å². The lowest BCUT2D eigenvalue weighted by atomic mass is 9.92. The minimum Gasteiger partial charge on any atom is -0.616 e. The van der Waals surface area contributed by atoms with E-state index in [1.165, 1.54) is 6.07 Å². The number of rotatable bonds is 5. The zero-order chi connectivity index (χ0) is 23.2. The zero-order valence-electron chi connectivity index (χ0n) is 18.1. The van der Waals surface area contributed by atoms with Crippen LogP contribution in [0.15, 0.2) is 77.7 Å². The van der Waals surface area contributed by atoms with Crippen molar-refractivity contribution in [2.45, 2.75) is 23.8 Å². The van der Waals surface area contributed by atoms with Crippen molar-refractivity contribution in [2.75, 3.05) is 0 Å². The largest absolute Gasteiger partial charge is 0.616 e. The zero-order valence-corrected chi connectivity index (χ0v) is 19.7. The molecular weight excluding hydrogens is 466 g/mol. The van der Waals surface area contributed by atoms with Crippen LogP contribution in [0.1, 0.15) is 18.4 Å². The highest BCUT2D eigenvalue weighted by Crippen LogP contribution is 2.42. The fraction of sp³-hybridized carbons (Fsp3) is 0.148. The molecule has 34 heavy (non-hydrogen) atoms. The van der Waals surface area contributed by atoms with Crippen molar-refractivity contribution in [3.8, 4) is 22.4 Å². The number of pyridine rings is 3. The second kappa shape index (κ2) is 8.55. The average Bonchev–Trinajstić information content (AvgIpc) is 3.70. The molecule has 0 radical (unpaired) electrons. The van der Waals surface area contributed by atoms with Crippen LogP contribution in [0, 0.1) is 0 Å². The van der Waals surface area contributed by atoms with E-state index in [-0.39, 0.29) is 10.8 Å². The molecule has 2 aromatic carbocycles. The topological polar surface area (TPSA) is 81.7 Å². The molecule has 0 bridgehead atoms. The van der Waals surface area contributed by atoms with Gasteiger partial charge >= 0.3 is 0 Å². The number of hydrogen-bond donors (Lipinski definition) is 1. The predicted molar refractivity (Wildman–Crippen MR) is 138 cm³/mol. The van der Waals surface area contributed by atoms with E-state index in [1.807, 2.05) is 48.5 Å². The Kier molecular flexibility index (Phi) is 5.37. The molecule has 6 rings (SSSR count). The lowest BCUT2D eigenvalue weighted by Gasteiger charge is -2.20. The number of H-pyrrole nitrogens is 1. The molecule has 1 atom stereocenters. The molecule has 1 saturated carbocycles. The summed E-state index contributed by atoms with van der Waals surface area (Å²) in [4.78, 5) is 24.4. The van der Waals surface area contributed by atoms with Gasteiger partial charge in [-0.15, -0.1) is 0 Å². The van der Waals surface area contributed by atoms with Crippen LogP contribution < -0.4 is 5.56 Å². The fourth-order valence-electron chi connectivity index (χ4n) is 4.39. The molecule has 1 fully saturated rings. The molecule has 0 amide bonds. The number of nitrogens with one attached hydrogen (secondary N) is 1. The van der Waals surface area contributed by atoms with Crippen LogP contribution in [0.4, 0.5) is 0 Å². The quantitative estimate of drug-likeness (QED) is 0.316. The van der Waals surface area contributed by atoms with Gasteiger partial charge in [0.15, 0.2) is 0 Å². The summed E-state index contributed by atoms with van der Waals surface area (Å²) >= 11 is 5.66. The Labute approximate surface area is 204 Å². The van der Waals surface area contributed by atoms with Gasteiger partial charge in [-0.05, 0) is 53.8 Å². The summed E-state index contributed by atoms with van der Waals surface area (Å²) in [6.45, 7) is 0. The van der Waals surface area contributed by atoms with Crippen molar-refractivity contribution >= 4 is 44.7 Å². The Hall–Kier alpha value is -3.19. The van der Waals surface area contributed by atoms with E-state index in [1.54, 1.807) is 12.3 Å². The summed E-state index contributed by atoms with van der Waals surface area (Å²) in [7, 11) is 0. The van der Waals surface area contributed by atoms with Crippen LogP contribution in [-0.2, 0) is 16.9 Å². The molecule has 1 aliphatic rings. The summed E-state index contributed by atoms with van der Waals surface area (Å²) in [5.41, 5.74) is 5.30. The third-order valence-electron chi connectivity index (χ3n) is 6.16. The average molecular weight is 486 g/mol. The molecule has 5 aromatic rings. The number of halogens is 1. The first kappa shape index (κ1) is 21.4. The predicted octanol–water partition coefficient (Wildman–Crippen LogP) is 5.87. The van der Waals surface area contributed by atoms with Crippen LogP contribution >= 0.6 is 11.6 Å². The Bertz CT molecular complexity index is 1600. The number of nitrogens with zero attached hydrogens (tertiary/aromatic N) is 2. The van der Waals surface area contributed by atoms with E-state index in [0.717, 1.165) is 57.1 Å². The van der Waals surface area contributed by atoms with Crippen LogP contribution in [0.2, 0.25) is 5.02 Å². The maximum absolute atomic E-state index is 13.2. The molecule has 0 spiro atoms. The van der Waals surface area contributed by atoms with Gasteiger partial charge in [-0.25, -0.2) is 4.98 Å². The first-order valence-electron chi connectivity index (χ1n) is 11.1. The Morgan fingerprint density at radius 2 is 1.85 bits per heavy atom. The lowest BCUT2D eigenvalue weighted by Crippen LogP contribution is -2.13. The molecule has 5 nitrogen and oxygen atoms in total. The number of hydrogen-bond acceptors (Lipinski definition) is 4. The lowest BCUT2D eigenvalue weighted by molar-refractivity contribution is 0.593. The van der Waals surface area contributed by atoms with E-state index >= 15 is 0 Å². The van der Waals surface area contributed by atoms with E-state index in [9.17, 15) is 9.35 Å². The molecule has 0 aliphatic heterocycles. The molecule has 1 unspecified atom stereocenters. The van der Waals surface area contributed by atoms with E-state index in [0.29, 0.717) is 16.4 Å². The SMILES string of the molecule is O=c1ccc2c(C[S+]([O-])C3CC3)c(-c3cc(Cl)c4ncccc4c3)c(-c3ccccc3)nc2[nH]1. The van der Waals surface area contributed by atoms with Crippen molar-refractivity contribution in [1.82, 2.24) is 15.0 Å². The molecule has 168 valence electrons. The van der Waals surface area contributed by atoms with Gasteiger partial charge in [-0.2, -0.15) is 0 Å². The second-order valence-corrected chi connectivity index (χ2v) is 10.6. The van der Waals surface area contributed by atoms with Crippen molar-refractivity contribution in [2.24, 2.45) is 0 Å². The third kappa shape index (κ3) is 3.88. The summed E-state index contributed by atoms with van der Waals surface area (Å²) in [6.07, 6.45) is 3.70. The Morgan fingerprint density at radius 3 is 2.65 bits per heavy atom. The van der Waals surface area contributed by atoms with Crippen LogP contribution in [0.25, 0.3) is 44.3 Å². The molecule has 1 aliphatic carbocycles. The second-order valence-electron chi connectivity index (χ2n) is 8.52. The summed E-state index contributed by atoms with van der Waals surface area (Å²) < 4.78 is 13.2. The number of aromatic nitrogens is 3. The van der Waals surface area contributed by atoms with Gasteiger partial charge in [-0.1, -0.05) is 48.0 Å². The van der Waals surface area contributed by atoms with Gasteiger partial charge in [0.25, 0.3) is 0 Å². The normalized spacial score (nSPS) is 14.5. The maximum Gasteiger partial charge on any atom is 0.249 e. The Balaban J connectivity index is 1.71. The standard InChI is InChI=1S/C27H20ClN3O2S/c28-22-14-18(13-17-7-4-12-29-25(17)22)24-21(15-34(33)19-8-9-19)20-10-11-23(32)30-27(20)31-26(24)16-5-2-1-3-6-16/h1-7,10-14,19H,8-9,15H2,(H,30,31,32). The summed E-state index contributed by atoms with van der Waals surface area (Å²) in [5.74, 6) is 0.383. The summed E-state index contributed by atoms with van der Waals surface area (Å²) in [6, 6.07) is 20.9. The fourth-order valence-corrected chi connectivity index (χ4v) is 6.15. The molecule has 1 N–H and O–H groups in total. The third-order valence-corrected chi connectivity index (χ3v) is 8.24. The first-order valence-corrected chi connectivity index (χ1v) is 12.9. The van der Waals surface area contributed by atoms with Gasteiger partial charge in [-0.3, -0.25) is 9.78 Å². The van der Waals surface area contributed by atoms with E-state index in [2.05, 4.69) is 16.0 Å². The van der Waals surface area contributed by atoms with E-state index in [4.69, 9.17) is 16.6 Å². The maximum atomic E-state index is 13.2. The van der Waals surface area contributed by atoms with E-state index < -0.39 is 11.2 Å². The van der Waals surface area contributed by atoms with Gasteiger partial charge in [0.1, 0.15) is 16.6 Å². The van der Waals surface area contributed by atoms with Gasteiger partial charge in [0.2, 0.25) is 5.56 Å². The molecule has 3 aromatic heterocycles. The molecule has 0 saturated heterocycles. The van der Waals surface area contributed by atoms with Crippen LogP contribution in [0.3, 0.4) is 0 Å². The number of benzene rings is 2. The van der Waals surface area contributed by atoms with Crippen molar-refractivity contribution in [1.29, 1.82) is 0 Å². The van der Waals surface area contributed by atoms with Crippen LogP contribution in [0.5, 0.6) is 0 Å². The monoisotopic (exact) mass is 485 g/mol. The molecule has 7 heteroatoms. The molecule has 3 heterocycles. The van der Waals surface area contributed by atoms with Gasteiger partial charge in [0.05, 0.1) is 16.2 Å². The Morgan fingerprint density at radius 1 is 1.03 bits per heavy atom. The highest BCUT2D eigenvalue weighted by Gasteiger charge is 2.35. The highest BCUT2D eigenvalue weighted by molar-refractivity contribution is 7.91. The minimum atomic E-state index is -1.02. The minimum absolute atomic E-state index is 0.221. The molecular formula is C27H20ClN3O2S. The van der Waals surface area contributed by atoms with Crippen molar-refractivity contribution in [3.05, 3.63) is 93.9 Å². The van der Waals surface area contributed by atoms with Crippen molar-refractivity contribution in [3.63, 3.8) is 0 Å². The van der Waals surface area contributed by atoms with Crippen molar-refractivity contribution < 1.29 is 4.55 Å². The number of fused-ring (bicyclic) bond motifs is 2. The van der Waals surface area contributed by atoms with Gasteiger partial charge < -0.3 is 9.54 Å². The number of aromatic amines is 1. The highest BCUT2D eigenvalue weighted by atomic mass is 35.5. The van der Waals surface area contributed by atoms with Crippen LogP contribution in [-0.4, -0.2) is 24.8 Å². The first-order chi connectivity index (χ1) is 16.6. The summed E-state index contributed by atoms with van der Waals surface area (Å²) in [5, 5.41) is 2.48. The smallest absolute Gasteiger partial charge is 0.249 e.